The normalized spacial score (nSPS) is 10.7. The molecule has 246 valence electrons. The molecule has 6 heteroatoms. The second-order valence-electron chi connectivity index (χ2n) is 13.9. The molecule has 0 nitrogen and oxygen atoms in total. The Kier molecular flexibility index (Phi) is 18.6. The first kappa shape index (κ1) is 49.0. The van der Waals surface area contributed by atoms with Crippen LogP contribution in [-0.2, 0) is 0 Å². The van der Waals surface area contributed by atoms with Gasteiger partial charge in [0.15, 0.2) is 0 Å². The van der Waals surface area contributed by atoms with E-state index in [4.69, 9.17) is 0 Å². The molecule has 10 aromatic rings. The van der Waals surface area contributed by atoms with Crippen molar-refractivity contribution >= 4 is 64.6 Å². The van der Waals surface area contributed by atoms with E-state index in [0.717, 1.165) is 0 Å². The van der Waals surface area contributed by atoms with Gasteiger partial charge in [0.2, 0.25) is 0 Å². The molecule has 0 saturated heterocycles. The van der Waals surface area contributed by atoms with Crippen LogP contribution in [0.3, 0.4) is 0 Å². The molecule has 0 saturated carbocycles. The monoisotopic (exact) mass is 1450 g/mol. The van der Waals surface area contributed by atoms with Gasteiger partial charge in [0.05, 0.1) is 0 Å². The second kappa shape index (κ2) is 20.5. The van der Waals surface area contributed by atoms with Crippen LogP contribution in [0.5, 0.6) is 0 Å². The van der Waals surface area contributed by atoms with E-state index in [1.54, 1.807) is 0 Å². The molecule has 0 unspecified atom stereocenters. The van der Waals surface area contributed by atoms with E-state index in [-0.39, 0.29) is 248 Å². The minimum atomic E-state index is 0. The van der Waals surface area contributed by atoms with Gasteiger partial charge in [-0.3, -0.25) is 0 Å². The summed E-state index contributed by atoms with van der Waals surface area (Å²) in [6.45, 7) is 6.51. The maximum Gasteiger partial charge on any atom is 0 e. The van der Waals surface area contributed by atoms with E-state index in [2.05, 4.69) is 166 Å². The first-order valence-corrected chi connectivity index (χ1v) is 16.9. The van der Waals surface area contributed by atoms with Crippen LogP contribution in [-0.4, -0.2) is 0 Å². The van der Waals surface area contributed by atoms with Gasteiger partial charge in [0.1, 0.15) is 0 Å². The number of aryl methyl sites for hydroxylation is 3. The maximum absolute atomic E-state index is 2.38. The molecule has 0 heterocycles. The molecule has 0 N–H and O–H groups in total. The van der Waals surface area contributed by atoms with Gasteiger partial charge in [-0.2, -0.15) is 0 Å². The van der Waals surface area contributed by atoms with Crippen LogP contribution < -0.4 is 0 Å². The third-order valence-electron chi connectivity index (χ3n) is 10.5. The largest absolute Gasteiger partial charge is 0.126 e. The molecule has 0 amide bonds. The van der Waals surface area contributed by atoms with Gasteiger partial charge in [-0.1, -0.05) is 106 Å². The molecule has 10 rings (SSSR count). The summed E-state index contributed by atoms with van der Waals surface area (Å²) in [5.74, 6) is 0. The first-order valence-electron chi connectivity index (χ1n) is 16.9. The van der Waals surface area contributed by atoms with Crippen LogP contribution in [0, 0.1) is 269 Å². The summed E-state index contributed by atoms with van der Waals surface area (Å²) in [5, 5.41) is 15.7. The van der Waals surface area contributed by atoms with Crippen LogP contribution >= 0.6 is 0 Å². The Balaban J connectivity index is 0.00000108. The Bertz CT molecular complexity index is 2610. The maximum atomic E-state index is 2.38. The fraction of sp³-hybridized carbons (Fsp3) is 0.0625. The molecule has 0 bridgehead atoms. The minimum absolute atomic E-state index is 0. The zero-order valence-corrected chi connectivity index (χ0v) is 53.0. The van der Waals surface area contributed by atoms with Gasteiger partial charge in [0, 0.05) is 248 Å². The van der Waals surface area contributed by atoms with Crippen molar-refractivity contribution in [2.24, 2.45) is 0 Å². The summed E-state index contributed by atoms with van der Waals surface area (Å²) in [5.41, 5.74) is 11.3. The summed E-state index contributed by atoms with van der Waals surface area (Å²) in [4.78, 5) is 0. The fourth-order valence-corrected chi connectivity index (χ4v) is 8.09. The van der Waals surface area contributed by atoms with Crippen molar-refractivity contribution in [2.45, 2.75) is 20.8 Å². The van der Waals surface area contributed by atoms with Crippen molar-refractivity contribution in [3.63, 3.8) is 0 Å². The van der Waals surface area contributed by atoms with Gasteiger partial charge in [-0.25, -0.2) is 0 Å². The number of benzene rings is 7. The standard InChI is InChI=1S/C48H33.6Pr/c1-28-4-10-43-37(16-28)25-40-19-31(7-13-46(40)43)34-22-35(32-8-14-47-41(20-32)26-38-17-29(2)5-11-44(38)47)24-36(23-34)33-9-15-48-42(21-33)27-39-18-30(3)6-12-45(39)48;;;;;;/h4-27H,1-3H3;;;;;;/q-3;;;;;;. The number of rotatable bonds is 3. The molecule has 0 aromatic heterocycles. The van der Waals surface area contributed by atoms with Gasteiger partial charge >= 0.3 is 0 Å². The SMILES string of the molecule is Cc1ccc2c(c1)[cH-]c1cc(-c3cc(-c4ccc5c(c4)[cH-]c4cc(C)ccc45)cc(-c4ccc5c(c4)[cH-]c4cc(C)ccc45)c3)ccc12.[Pr].[Pr].[Pr].[Pr].[Pr].[Pr]. The summed E-state index contributed by atoms with van der Waals surface area (Å²) >= 11 is 0. The second-order valence-corrected chi connectivity index (χ2v) is 13.9. The molecule has 0 aliphatic heterocycles. The van der Waals surface area contributed by atoms with Crippen molar-refractivity contribution in [2.75, 3.05) is 0 Å². The Morgan fingerprint density at radius 2 is 0.463 bits per heavy atom. The van der Waals surface area contributed by atoms with Crippen molar-refractivity contribution in [1.82, 2.24) is 0 Å². The number of hydrogen-bond donors (Lipinski definition) is 0. The Hall–Kier alpha value is 2.33. The molecule has 0 aliphatic carbocycles. The van der Waals surface area contributed by atoms with Gasteiger partial charge < -0.3 is 0 Å². The van der Waals surface area contributed by atoms with E-state index in [1.807, 2.05) is 0 Å². The quantitative estimate of drug-likeness (QED) is 0.155. The molecule has 6 radical (unpaired) electrons. The van der Waals surface area contributed by atoms with Crippen molar-refractivity contribution in [1.29, 1.82) is 0 Å². The molecular weight excluding hydrogens is 1420 g/mol. The van der Waals surface area contributed by atoms with E-state index in [9.17, 15) is 0 Å². The average molecular weight is 1460 g/mol. The first-order chi connectivity index (χ1) is 23.4. The van der Waals surface area contributed by atoms with Crippen LogP contribution in [0.15, 0.2) is 146 Å². The topological polar surface area (TPSA) is 0 Å². The summed E-state index contributed by atoms with van der Waals surface area (Å²) in [6.07, 6.45) is 0. The molecule has 54 heavy (non-hydrogen) atoms. The van der Waals surface area contributed by atoms with Crippen LogP contribution in [0.4, 0.5) is 0 Å². The summed E-state index contributed by atoms with van der Waals surface area (Å²) < 4.78 is 0. The van der Waals surface area contributed by atoms with E-state index in [0.29, 0.717) is 0 Å². The predicted molar refractivity (Wildman–Crippen MR) is 209 cm³/mol. The van der Waals surface area contributed by atoms with E-state index < -0.39 is 0 Å². The summed E-state index contributed by atoms with van der Waals surface area (Å²) in [6, 6.07) is 55.4. The smallest absolute Gasteiger partial charge is 0 e. The predicted octanol–water partition coefficient (Wildman–Crippen LogP) is 13.7. The summed E-state index contributed by atoms with van der Waals surface area (Å²) in [7, 11) is 0. The van der Waals surface area contributed by atoms with Crippen LogP contribution in [0.1, 0.15) is 16.7 Å². The van der Waals surface area contributed by atoms with E-state index in [1.165, 1.54) is 115 Å². The fourth-order valence-electron chi connectivity index (χ4n) is 8.09. The Morgan fingerprint density at radius 1 is 0.241 bits per heavy atom. The third kappa shape index (κ3) is 9.38. The molecule has 0 fully saturated rings. The minimum Gasteiger partial charge on any atom is -0.126 e. The van der Waals surface area contributed by atoms with Gasteiger partial charge in [-0.05, 0) is 55.7 Å². The zero-order valence-electron chi connectivity index (χ0n) is 30.8. The third-order valence-corrected chi connectivity index (χ3v) is 10.5. The Morgan fingerprint density at radius 3 is 0.722 bits per heavy atom. The van der Waals surface area contributed by atoms with Crippen LogP contribution in [0.25, 0.3) is 98.0 Å². The molecular formula is C48H33Pr6-3. The van der Waals surface area contributed by atoms with Crippen molar-refractivity contribution in [3.05, 3.63) is 162 Å². The molecule has 0 spiro atoms. The molecule has 10 aromatic carbocycles. The number of fused-ring (bicyclic) bond motifs is 9. The Labute approximate surface area is 516 Å². The van der Waals surface area contributed by atoms with E-state index >= 15 is 0 Å². The zero-order chi connectivity index (χ0) is 32.1. The average Bonchev–Trinajstić information content (AvgIpc) is 3.76. The molecule has 0 atom stereocenters. The van der Waals surface area contributed by atoms with Crippen LogP contribution in [0.2, 0.25) is 0 Å². The van der Waals surface area contributed by atoms with Crippen molar-refractivity contribution < 1.29 is 248 Å². The van der Waals surface area contributed by atoms with Crippen molar-refractivity contribution in [3.8, 4) is 33.4 Å². The van der Waals surface area contributed by atoms with Gasteiger partial charge in [-0.15, -0.1) is 119 Å². The number of hydrogen-bond acceptors (Lipinski definition) is 0. The van der Waals surface area contributed by atoms with Gasteiger partial charge in [0.25, 0.3) is 0 Å². The molecule has 0 aliphatic rings.